The molecule has 1 aromatic carbocycles. The lowest BCUT2D eigenvalue weighted by atomic mass is 10.1. The zero-order chi connectivity index (χ0) is 21.0. The van der Waals surface area contributed by atoms with Crippen molar-refractivity contribution in [2.24, 2.45) is 0 Å². The smallest absolute Gasteiger partial charge is 0.337 e. The van der Waals surface area contributed by atoms with Gasteiger partial charge in [0, 0.05) is 41.6 Å². The van der Waals surface area contributed by atoms with Crippen LogP contribution in [0.4, 0.5) is 17.3 Å². The number of nitrogen functional groups attached to an aromatic ring is 1. The summed E-state index contributed by atoms with van der Waals surface area (Å²) in [7, 11) is 0. The number of hydrogen-bond donors (Lipinski definition) is 3. The van der Waals surface area contributed by atoms with Crippen LogP contribution in [0, 0.1) is 10.1 Å². The molecule has 9 nitrogen and oxygen atoms in total. The first-order valence-corrected chi connectivity index (χ1v) is 9.48. The standard InChI is InChI=1S/C19H18BrN5O4/c20-13-4-2-12(3-5-13)14-10-24(11-15(14)19(26)27)9-1-8-22-17-7-6-16(25(28)29)18(21)23-17/h2-7,10-11H,1,8-9H2,(H,26,27)(H3,21,22,23). The molecule has 0 saturated carbocycles. The Bertz CT molecular complexity index is 1050. The Balaban J connectivity index is 1.63. The predicted octanol–water partition coefficient (Wildman–Crippen LogP) is 4.00. The lowest BCUT2D eigenvalue weighted by Crippen LogP contribution is -2.08. The average Bonchev–Trinajstić information content (AvgIpc) is 3.10. The number of carboxylic acids is 1. The van der Waals surface area contributed by atoms with Crippen LogP contribution in [-0.4, -0.2) is 32.1 Å². The zero-order valence-electron chi connectivity index (χ0n) is 15.2. The second kappa shape index (κ2) is 8.74. The minimum absolute atomic E-state index is 0.143. The van der Waals surface area contributed by atoms with E-state index in [1.54, 1.807) is 6.20 Å². The number of carbonyl (C=O) groups is 1. The van der Waals surface area contributed by atoms with Gasteiger partial charge in [-0.05, 0) is 30.2 Å². The average molecular weight is 460 g/mol. The van der Waals surface area contributed by atoms with E-state index >= 15 is 0 Å². The first-order chi connectivity index (χ1) is 13.8. The molecule has 0 atom stereocenters. The number of nitrogens with one attached hydrogen (secondary N) is 1. The molecule has 3 aromatic rings. The Kier molecular flexibility index (Phi) is 6.13. The van der Waals surface area contributed by atoms with E-state index in [1.807, 2.05) is 35.0 Å². The highest BCUT2D eigenvalue weighted by atomic mass is 79.9. The number of benzene rings is 1. The second-order valence-electron chi connectivity index (χ2n) is 6.27. The number of anilines is 2. The van der Waals surface area contributed by atoms with Crippen LogP contribution in [0.25, 0.3) is 11.1 Å². The van der Waals surface area contributed by atoms with Crippen molar-refractivity contribution in [1.82, 2.24) is 9.55 Å². The Hall–Kier alpha value is -3.40. The van der Waals surface area contributed by atoms with Gasteiger partial charge in [0.05, 0.1) is 10.5 Å². The summed E-state index contributed by atoms with van der Waals surface area (Å²) < 4.78 is 2.75. The fourth-order valence-corrected chi connectivity index (χ4v) is 3.13. The van der Waals surface area contributed by atoms with Gasteiger partial charge in [-0.15, -0.1) is 0 Å². The molecule has 150 valence electrons. The van der Waals surface area contributed by atoms with Gasteiger partial charge >= 0.3 is 11.7 Å². The van der Waals surface area contributed by atoms with Gasteiger partial charge in [0.2, 0.25) is 5.82 Å². The zero-order valence-corrected chi connectivity index (χ0v) is 16.8. The number of aromatic nitrogens is 2. The summed E-state index contributed by atoms with van der Waals surface area (Å²) in [5.74, 6) is -0.677. The molecule has 10 heteroatoms. The highest BCUT2D eigenvalue weighted by Gasteiger charge is 2.15. The van der Waals surface area contributed by atoms with Crippen molar-refractivity contribution in [2.75, 3.05) is 17.6 Å². The predicted molar refractivity (Wildman–Crippen MR) is 113 cm³/mol. The number of aryl methyl sites for hydroxylation is 1. The number of hydrogen-bond acceptors (Lipinski definition) is 6. The first-order valence-electron chi connectivity index (χ1n) is 8.69. The normalized spacial score (nSPS) is 10.7. The van der Waals surface area contributed by atoms with Crippen molar-refractivity contribution >= 4 is 39.2 Å². The highest BCUT2D eigenvalue weighted by Crippen LogP contribution is 2.27. The van der Waals surface area contributed by atoms with Gasteiger partial charge in [-0.2, -0.15) is 0 Å². The Morgan fingerprint density at radius 3 is 2.59 bits per heavy atom. The molecule has 0 radical (unpaired) electrons. The number of nitrogens with two attached hydrogens (primary N) is 1. The number of rotatable bonds is 8. The van der Waals surface area contributed by atoms with Crippen LogP contribution < -0.4 is 11.1 Å². The number of aromatic carboxylic acids is 1. The molecule has 0 aliphatic heterocycles. The summed E-state index contributed by atoms with van der Waals surface area (Å²) >= 11 is 3.37. The van der Waals surface area contributed by atoms with E-state index in [9.17, 15) is 20.0 Å². The molecule has 2 heterocycles. The fourth-order valence-electron chi connectivity index (χ4n) is 2.87. The van der Waals surface area contributed by atoms with Crippen LogP contribution in [0.1, 0.15) is 16.8 Å². The van der Waals surface area contributed by atoms with E-state index in [4.69, 9.17) is 5.73 Å². The molecular weight excluding hydrogens is 442 g/mol. The molecule has 0 aliphatic rings. The number of carboxylic acid groups (broad SMARTS) is 1. The van der Waals surface area contributed by atoms with Crippen molar-refractivity contribution in [2.45, 2.75) is 13.0 Å². The molecule has 0 amide bonds. The molecule has 0 aliphatic carbocycles. The number of nitro groups is 1. The van der Waals surface area contributed by atoms with Gasteiger partial charge in [-0.25, -0.2) is 9.78 Å². The van der Waals surface area contributed by atoms with E-state index in [-0.39, 0.29) is 17.1 Å². The summed E-state index contributed by atoms with van der Waals surface area (Å²) in [4.78, 5) is 25.7. The van der Waals surface area contributed by atoms with E-state index in [2.05, 4.69) is 26.2 Å². The number of halogens is 1. The minimum atomic E-state index is -0.981. The van der Waals surface area contributed by atoms with Crippen LogP contribution in [0.2, 0.25) is 0 Å². The van der Waals surface area contributed by atoms with Gasteiger partial charge in [-0.1, -0.05) is 28.1 Å². The summed E-state index contributed by atoms with van der Waals surface area (Å²) in [6.07, 6.45) is 4.11. The van der Waals surface area contributed by atoms with Gasteiger partial charge in [0.15, 0.2) is 0 Å². The summed E-state index contributed by atoms with van der Waals surface area (Å²) in [6, 6.07) is 10.3. The molecule has 0 bridgehead atoms. The van der Waals surface area contributed by atoms with Gasteiger partial charge in [0.1, 0.15) is 5.82 Å². The third-order valence-corrected chi connectivity index (χ3v) is 4.79. The molecule has 3 rings (SSSR count). The van der Waals surface area contributed by atoms with Crippen LogP contribution in [0.5, 0.6) is 0 Å². The Morgan fingerprint density at radius 1 is 1.24 bits per heavy atom. The van der Waals surface area contributed by atoms with Crippen LogP contribution >= 0.6 is 15.9 Å². The molecule has 0 fully saturated rings. The van der Waals surface area contributed by atoms with E-state index in [0.717, 1.165) is 10.0 Å². The van der Waals surface area contributed by atoms with Crippen molar-refractivity contribution < 1.29 is 14.8 Å². The SMILES string of the molecule is Nc1nc(NCCCn2cc(C(=O)O)c(-c3ccc(Br)cc3)c2)ccc1[N+](=O)[O-]. The maximum atomic E-state index is 11.6. The largest absolute Gasteiger partial charge is 0.478 e. The Labute approximate surface area is 174 Å². The molecule has 0 unspecified atom stereocenters. The summed E-state index contributed by atoms with van der Waals surface area (Å²) in [6.45, 7) is 1.13. The topological polar surface area (TPSA) is 136 Å². The van der Waals surface area contributed by atoms with Gasteiger partial charge in [-0.3, -0.25) is 10.1 Å². The van der Waals surface area contributed by atoms with Crippen LogP contribution in [-0.2, 0) is 6.54 Å². The van der Waals surface area contributed by atoms with Crippen molar-refractivity contribution in [3.8, 4) is 11.1 Å². The Morgan fingerprint density at radius 2 is 1.97 bits per heavy atom. The third-order valence-electron chi connectivity index (χ3n) is 4.26. The van der Waals surface area contributed by atoms with Crippen LogP contribution in [0.3, 0.4) is 0 Å². The lowest BCUT2D eigenvalue weighted by Gasteiger charge is -2.07. The number of nitrogens with zero attached hydrogens (tertiary/aromatic N) is 3. The quantitative estimate of drug-likeness (QED) is 0.263. The second-order valence-corrected chi connectivity index (χ2v) is 7.19. The fraction of sp³-hybridized carbons (Fsp3) is 0.158. The van der Waals surface area contributed by atoms with E-state index in [1.165, 1.54) is 12.1 Å². The van der Waals surface area contributed by atoms with Crippen molar-refractivity contribution in [3.05, 3.63) is 68.9 Å². The molecule has 0 saturated heterocycles. The molecule has 0 spiro atoms. The van der Waals surface area contributed by atoms with E-state index in [0.29, 0.717) is 30.9 Å². The maximum absolute atomic E-state index is 11.6. The number of pyridine rings is 1. The molecule has 2 aromatic heterocycles. The van der Waals surface area contributed by atoms with Crippen LogP contribution in [0.15, 0.2) is 53.3 Å². The molecule has 4 N–H and O–H groups in total. The van der Waals surface area contributed by atoms with Gasteiger partial charge < -0.3 is 20.7 Å². The minimum Gasteiger partial charge on any atom is -0.478 e. The van der Waals surface area contributed by atoms with Crippen molar-refractivity contribution in [1.29, 1.82) is 0 Å². The lowest BCUT2D eigenvalue weighted by molar-refractivity contribution is -0.384. The molecular formula is C19H18BrN5O4. The summed E-state index contributed by atoms with van der Waals surface area (Å²) in [5.41, 5.74) is 7.07. The van der Waals surface area contributed by atoms with E-state index < -0.39 is 10.9 Å². The highest BCUT2D eigenvalue weighted by molar-refractivity contribution is 9.10. The van der Waals surface area contributed by atoms with Crippen molar-refractivity contribution in [3.63, 3.8) is 0 Å². The maximum Gasteiger partial charge on any atom is 0.337 e. The molecule has 29 heavy (non-hydrogen) atoms. The monoisotopic (exact) mass is 459 g/mol. The van der Waals surface area contributed by atoms with Gasteiger partial charge in [0.25, 0.3) is 0 Å². The first kappa shape index (κ1) is 20.3. The third kappa shape index (κ3) is 4.91. The summed E-state index contributed by atoms with van der Waals surface area (Å²) in [5, 5.41) is 23.3.